The van der Waals surface area contributed by atoms with E-state index in [1.807, 2.05) is 0 Å². The van der Waals surface area contributed by atoms with E-state index in [1.54, 1.807) is 25.4 Å². The SMILES string of the molecule is CO[SiH](OC)C(C1=CCCC1)C1=CCCC1. The number of rotatable bonds is 5. The Morgan fingerprint density at radius 3 is 1.81 bits per heavy atom. The predicted octanol–water partition coefficient (Wildman–Crippen LogP) is 3.09. The fraction of sp³-hybridized carbons (Fsp3) is 0.692. The van der Waals surface area contributed by atoms with Crippen LogP contribution in [0.25, 0.3) is 0 Å². The van der Waals surface area contributed by atoms with Gasteiger partial charge in [-0.1, -0.05) is 23.3 Å². The zero-order valence-electron chi connectivity index (χ0n) is 10.4. The molecule has 0 aromatic carbocycles. The molecule has 2 rings (SSSR count). The predicted molar refractivity (Wildman–Crippen MR) is 68.8 cm³/mol. The molecule has 0 saturated heterocycles. The Balaban J connectivity index is 2.17. The van der Waals surface area contributed by atoms with Gasteiger partial charge in [-0.05, 0) is 38.5 Å². The molecule has 0 N–H and O–H groups in total. The van der Waals surface area contributed by atoms with Crippen LogP contribution in [0.1, 0.15) is 38.5 Å². The molecule has 0 heterocycles. The maximum absolute atomic E-state index is 5.62. The van der Waals surface area contributed by atoms with E-state index in [-0.39, 0.29) is 0 Å². The van der Waals surface area contributed by atoms with Crippen molar-refractivity contribution in [3.05, 3.63) is 23.3 Å². The van der Waals surface area contributed by atoms with Gasteiger partial charge in [-0.3, -0.25) is 0 Å². The van der Waals surface area contributed by atoms with Crippen LogP contribution in [-0.4, -0.2) is 23.5 Å². The summed E-state index contributed by atoms with van der Waals surface area (Å²) < 4.78 is 11.2. The molecule has 90 valence electrons. The molecule has 16 heavy (non-hydrogen) atoms. The highest BCUT2D eigenvalue weighted by atomic mass is 28.3. The maximum Gasteiger partial charge on any atom is 0.332 e. The third-order valence-electron chi connectivity index (χ3n) is 3.69. The van der Waals surface area contributed by atoms with Crippen molar-refractivity contribution in [3.8, 4) is 0 Å². The van der Waals surface area contributed by atoms with Crippen LogP contribution in [0, 0.1) is 0 Å². The van der Waals surface area contributed by atoms with Gasteiger partial charge < -0.3 is 8.85 Å². The lowest BCUT2D eigenvalue weighted by Gasteiger charge is -2.25. The zero-order chi connectivity index (χ0) is 11.4. The second kappa shape index (κ2) is 5.80. The minimum Gasteiger partial charge on any atom is -0.399 e. The van der Waals surface area contributed by atoms with Gasteiger partial charge in [0.1, 0.15) is 0 Å². The standard InChI is InChI=1S/C13H22O2Si/c1-14-16(15-2)13(11-7-3-4-8-11)12-9-5-6-10-12/h7,9,13,16H,3-6,8,10H2,1-2H3. The van der Waals surface area contributed by atoms with Crippen molar-refractivity contribution in [2.45, 2.75) is 44.1 Å². The molecule has 0 amide bonds. The van der Waals surface area contributed by atoms with Crippen LogP contribution in [0.4, 0.5) is 0 Å². The molecule has 2 nitrogen and oxygen atoms in total. The normalized spacial score (nSPS) is 20.8. The van der Waals surface area contributed by atoms with E-state index in [1.165, 1.54) is 38.5 Å². The molecule has 0 unspecified atom stereocenters. The molecule has 2 aliphatic rings. The van der Waals surface area contributed by atoms with Gasteiger partial charge in [-0.15, -0.1) is 0 Å². The molecule has 0 fully saturated rings. The number of allylic oxidation sites excluding steroid dienone is 4. The van der Waals surface area contributed by atoms with Crippen LogP contribution in [0.3, 0.4) is 0 Å². The summed E-state index contributed by atoms with van der Waals surface area (Å²) in [5.74, 6) is 0. The van der Waals surface area contributed by atoms with E-state index < -0.39 is 9.28 Å². The molecule has 0 aromatic rings. The average Bonchev–Trinajstić information content (AvgIpc) is 2.98. The molecular weight excluding hydrogens is 216 g/mol. The minimum absolute atomic E-state index is 0.514. The highest BCUT2D eigenvalue weighted by Gasteiger charge is 2.32. The lowest BCUT2D eigenvalue weighted by atomic mass is 10.0. The third-order valence-corrected chi connectivity index (χ3v) is 6.02. The van der Waals surface area contributed by atoms with Gasteiger partial charge in [0, 0.05) is 19.8 Å². The third kappa shape index (κ3) is 2.47. The quantitative estimate of drug-likeness (QED) is 0.541. The summed E-state index contributed by atoms with van der Waals surface area (Å²) >= 11 is 0. The van der Waals surface area contributed by atoms with Gasteiger partial charge in [0.2, 0.25) is 0 Å². The van der Waals surface area contributed by atoms with Gasteiger partial charge in [0.15, 0.2) is 0 Å². The molecule has 0 atom stereocenters. The molecule has 0 saturated carbocycles. The smallest absolute Gasteiger partial charge is 0.332 e. The number of hydrogen-bond donors (Lipinski definition) is 0. The van der Waals surface area contributed by atoms with Gasteiger partial charge in [0.05, 0.1) is 0 Å². The van der Waals surface area contributed by atoms with Gasteiger partial charge in [-0.25, -0.2) is 0 Å². The Hall–Kier alpha value is -0.383. The Bertz CT molecular complexity index is 268. The summed E-state index contributed by atoms with van der Waals surface area (Å²) in [6.07, 6.45) is 12.4. The second-order valence-corrected chi connectivity index (χ2v) is 7.01. The van der Waals surface area contributed by atoms with Crippen molar-refractivity contribution in [2.75, 3.05) is 14.2 Å². The van der Waals surface area contributed by atoms with Crippen molar-refractivity contribution in [3.63, 3.8) is 0 Å². The number of hydrogen-bond acceptors (Lipinski definition) is 2. The highest BCUT2D eigenvalue weighted by molar-refractivity contribution is 6.48. The highest BCUT2D eigenvalue weighted by Crippen LogP contribution is 2.41. The van der Waals surface area contributed by atoms with E-state index >= 15 is 0 Å². The first-order valence-electron chi connectivity index (χ1n) is 6.30. The Morgan fingerprint density at radius 1 is 1.00 bits per heavy atom. The van der Waals surface area contributed by atoms with E-state index in [2.05, 4.69) is 12.2 Å². The Morgan fingerprint density at radius 2 is 1.50 bits per heavy atom. The van der Waals surface area contributed by atoms with E-state index in [0.29, 0.717) is 5.54 Å². The molecule has 2 aliphatic carbocycles. The van der Waals surface area contributed by atoms with Crippen molar-refractivity contribution in [1.29, 1.82) is 0 Å². The van der Waals surface area contributed by atoms with E-state index in [9.17, 15) is 0 Å². The first-order chi connectivity index (χ1) is 7.86. The maximum atomic E-state index is 5.62. The molecule has 0 radical (unpaired) electrons. The fourth-order valence-corrected chi connectivity index (χ4v) is 4.95. The van der Waals surface area contributed by atoms with Gasteiger partial charge in [-0.2, -0.15) is 0 Å². The Kier molecular flexibility index (Phi) is 4.38. The molecule has 0 bridgehead atoms. The summed E-state index contributed by atoms with van der Waals surface area (Å²) in [6, 6.07) is 0. The Labute approximate surface area is 100 Å². The van der Waals surface area contributed by atoms with Crippen LogP contribution >= 0.6 is 0 Å². The molecule has 0 aliphatic heterocycles. The molecule has 0 aromatic heterocycles. The second-order valence-electron chi connectivity index (χ2n) is 4.66. The summed E-state index contributed by atoms with van der Waals surface area (Å²) in [5, 5.41) is 0. The molecular formula is C13H22O2Si. The topological polar surface area (TPSA) is 18.5 Å². The van der Waals surface area contributed by atoms with Crippen LogP contribution in [0.5, 0.6) is 0 Å². The summed E-state index contributed by atoms with van der Waals surface area (Å²) in [4.78, 5) is 0. The van der Waals surface area contributed by atoms with Crippen LogP contribution < -0.4 is 0 Å². The fourth-order valence-electron chi connectivity index (χ4n) is 2.91. The van der Waals surface area contributed by atoms with Crippen LogP contribution in [0.15, 0.2) is 23.3 Å². The monoisotopic (exact) mass is 238 g/mol. The first kappa shape index (κ1) is 12.1. The van der Waals surface area contributed by atoms with Crippen molar-refractivity contribution in [2.24, 2.45) is 0 Å². The lowest BCUT2D eigenvalue weighted by molar-refractivity contribution is 0.272. The summed E-state index contributed by atoms with van der Waals surface area (Å²) in [6.45, 7) is 0. The zero-order valence-corrected chi connectivity index (χ0v) is 11.5. The van der Waals surface area contributed by atoms with Crippen molar-refractivity contribution in [1.82, 2.24) is 0 Å². The first-order valence-corrected chi connectivity index (χ1v) is 7.91. The van der Waals surface area contributed by atoms with E-state index in [0.717, 1.165) is 0 Å². The van der Waals surface area contributed by atoms with Gasteiger partial charge >= 0.3 is 9.28 Å². The largest absolute Gasteiger partial charge is 0.399 e. The molecule has 3 heteroatoms. The molecule has 0 spiro atoms. The summed E-state index contributed by atoms with van der Waals surface area (Å²) in [7, 11) is 2.06. The van der Waals surface area contributed by atoms with Crippen molar-refractivity contribution >= 4 is 9.28 Å². The van der Waals surface area contributed by atoms with E-state index in [4.69, 9.17) is 8.85 Å². The van der Waals surface area contributed by atoms with Crippen molar-refractivity contribution < 1.29 is 8.85 Å². The summed E-state index contributed by atoms with van der Waals surface area (Å²) in [5.41, 5.74) is 3.70. The van der Waals surface area contributed by atoms with Gasteiger partial charge in [0.25, 0.3) is 0 Å². The van der Waals surface area contributed by atoms with Crippen LogP contribution in [0.2, 0.25) is 5.54 Å². The minimum atomic E-state index is -1.55. The average molecular weight is 238 g/mol. The van der Waals surface area contributed by atoms with Crippen LogP contribution in [-0.2, 0) is 8.85 Å². The lowest BCUT2D eigenvalue weighted by Crippen LogP contribution is -2.28.